The van der Waals surface area contributed by atoms with E-state index in [4.69, 9.17) is 4.74 Å². The third-order valence-corrected chi connectivity index (χ3v) is 9.66. The summed E-state index contributed by atoms with van der Waals surface area (Å²) in [6.45, 7) is 6.38. The summed E-state index contributed by atoms with van der Waals surface area (Å²) in [6, 6.07) is 8.74. The van der Waals surface area contributed by atoms with E-state index in [1.165, 1.54) is 82.6 Å². The third kappa shape index (κ3) is 6.25. The maximum absolute atomic E-state index is 14.9. The molecule has 1 aromatic rings. The minimum absolute atomic E-state index is 0.170. The molecule has 4 aliphatic rings. The van der Waals surface area contributed by atoms with Gasteiger partial charge in [-0.2, -0.15) is 0 Å². The van der Waals surface area contributed by atoms with E-state index in [-0.39, 0.29) is 24.2 Å². The minimum atomic E-state index is -0.550. The molecule has 1 aromatic carbocycles. The summed E-state index contributed by atoms with van der Waals surface area (Å²) >= 11 is 0. The van der Waals surface area contributed by atoms with Crippen LogP contribution in [0.1, 0.15) is 141 Å². The summed E-state index contributed by atoms with van der Waals surface area (Å²) in [7, 11) is 0. The van der Waals surface area contributed by atoms with Crippen molar-refractivity contribution in [1.82, 2.24) is 0 Å². The van der Waals surface area contributed by atoms with Crippen LogP contribution in [0.2, 0.25) is 0 Å². The van der Waals surface area contributed by atoms with Crippen molar-refractivity contribution in [3.63, 3.8) is 0 Å². The Bertz CT molecular complexity index is 888. The molecule has 3 fully saturated rings. The molecule has 1 nitrogen and oxygen atoms in total. The van der Waals surface area contributed by atoms with Gasteiger partial charge in [0.2, 0.25) is 0 Å². The minimum Gasteiger partial charge on any atom is -0.485 e. The molecule has 2 atom stereocenters. The van der Waals surface area contributed by atoms with E-state index in [1.54, 1.807) is 6.08 Å². The van der Waals surface area contributed by atoms with E-state index in [2.05, 4.69) is 38.1 Å². The second kappa shape index (κ2) is 12.3. The normalized spacial score (nSPS) is 28.8. The zero-order chi connectivity index (χ0) is 25.6. The largest absolute Gasteiger partial charge is 0.485 e. The lowest BCUT2D eigenvalue weighted by molar-refractivity contribution is 0.0305. The van der Waals surface area contributed by atoms with Crippen LogP contribution in [0.5, 0.6) is 0 Å². The van der Waals surface area contributed by atoms with Gasteiger partial charge in [-0.15, -0.1) is 0 Å². The number of ether oxygens (including phenoxy) is 1. The molecule has 4 aliphatic carbocycles. The Labute approximate surface area is 218 Å². The van der Waals surface area contributed by atoms with E-state index < -0.39 is 11.7 Å². The van der Waals surface area contributed by atoms with E-state index in [0.29, 0.717) is 10.8 Å². The number of halogens is 2. The summed E-state index contributed by atoms with van der Waals surface area (Å²) in [5.74, 6) is -1.45. The summed E-state index contributed by atoms with van der Waals surface area (Å²) < 4.78 is 35.6. The highest BCUT2D eigenvalue weighted by Crippen LogP contribution is 2.59. The number of benzene rings is 1. The van der Waals surface area contributed by atoms with Crippen LogP contribution >= 0.6 is 0 Å². The van der Waals surface area contributed by atoms with E-state index in [9.17, 15) is 8.78 Å². The maximum Gasteiger partial charge on any atom is 0.186 e. The molecule has 0 saturated heterocycles. The molecule has 2 unspecified atom stereocenters. The van der Waals surface area contributed by atoms with Gasteiger partial charge in [-0.05, 0) is 92.7 Å². The van der Waals surface area contributed by atoms with Crippen molar-refractivity contribution in [3.05, 3.63) is 58.9 Å². The number of allylic oxidation sites excluding steroid dienone is 3. The fourth-order valence-electron chi connectivity index (χ4n) is 7.08. The summed E-state index contributed by atoms with van der Waals surface area (Å²) in [5, 5.41) is 0. The molecule has 5 rings (SSSR count). The molecular formula is C33H48F2O. The Balaban J connectivity index is 1.34. The lowest BCUT2D eigenvalue weighted by Crippen LogP contribution is -2.44. The lowest BCUT2D eigenvalue weighted by atomic mass is 9.51. The Kier molecular flexibility index (Phi) is 9.34. The zero-order valence-electron chi connectivity index (χ0n) is 23.0. The molecule has 3 saturated carbocycles. The van der Waals surface area contributed by atoms with Crippen molar-refractivity contribution in [2.45, 2.75) is 141 Å². The average molecular weight is 499 g/mol. The fourth-order valence-corrected chi connectivity index (χ4v) is 7.08. The Morgan fingerprint density at radius 2 is 1.50 bits per heavy atom. The quantitative estimate of drug-likeness (QED) is 0.246. The van der Waals surface area contributed by atoms with Crippen LogP contribution < -0.4 is 0 Å². The number of fused-ring (bicyclic) bond motifs is 3. The third-order valence-electron chi connectivity index (χ3n) is 9.66. The first-order valence-electron chi connectivity index (χ1n) is 14.9. The molecule has 2 bridgehead atoms. The van der Waals surface area contributed by atoms with Crippen molar-refractivity contribution in [3.8, 4) is 0 Å². The predicted octanol–water partition coefficient (Wildman–Crippen LogP) is 10.8. The summed E-state index contributed by atoms with van der Waals surface area (Å²) in [6.07, 6.45) is 20.4. The molecular weight excluding hydrogens is 450 g/mol. The van der Waals surface area contributed by atoms with Crippen LogP contribution in [-0.4, -0.2) is 6.10 Å². The molecule has 200 valence electrons. The molecule has 3 heteroatoms. The second-order valence-corrected chi connectivity index (χ2v) is 12.2. The Hall–Kier alpha value is -1.64. The fraction of sp³-hybridized carbons (Fsp3) is 0.697. The molecule has 36 heavy (non-hydrogen) atoms. The van der Waals surface area contributed by atoms with Crippen molar-refractivity contribution in [2.24, 2.45) is 5.41 Å². The molecule has 0 aromatic heterocycles. The van der Waals surface area contributed by atoms with Gasteiger partial charge < -0.3 is 4.74 Å². The van der Waals surface area contributed by atoms with Crippen LogP contribution in [0.4, 0.5) is 8.78 Å². The average Bonchev–Trinajstić information content (AvgIpc) is 2.90. The van der Waals surface area contributed by atoms with Crippen LogP contribution in [0.15, 0.2) is 47.8 Å². The van der Waals surface area contributed by atoms with Gasteiger partial charge in [0.15, 0.2) is 11.6 Å². The summed E-state index contributed by atoms with van der Waals surface area (Å²) in [4.78, 5) is 0. The van der Waals surface area contributed by atoms with Gasteiger partial charge in [0.05, 0.1) is 6.10 Å². The highest BCUT2D eigenvalue weighted by atomic mass is 19.1. The van der Waals surface area contributed by atoms with Gasteiger partial charge in [0.25, 0.3) is 0 Å². The SMILES string of the molecule is CCCCCCC(C)OC1=C(F)CC(c2ccc(C34CCC(CCCCC)(CC3)CC4)cc2)C=C1F. The topological polar surface area (TPSA) is 9.23 Å². The van der Waals surface area contributed by atoms with Gasteiger partial charge in [0, 0.05) is 12.3 Å². The number of hydrogen-bond donors (Lipinski definition) is 0. The van der Waals surface area contributed by atoms with Gasteiger partial charge in [0.1, 0.15) is 5.83 Å². The predicted molar refractivity (Wildman–Crippen MR) is 146 cm³/mol. The number of hydrogen-bond acceptors (Lipinski definition) is 1. The monoisotopic (exact) mass is 498 g/mol. The Morgan fingerprint density at radius 1 is 0.861 bits per heavy atom. The van der Waals surface area contributed by atoms with E-state index in [0.717, 1.165) is 24.8 Å². The molecule has 0 amide bonds. The first-order valence-corrected chi connectivity index (χ1v) is 14.9. The molecule has 0 heterocycles. The van der Waals surface area contributed by atoms with E-state index in [1.807, 2.05) is 6.92 Å². The van der Waals surface area contributed by atoms with Crippen LogP contribution in [0.25, 0.3) is 0 Å². The molecule has 0 aliphatic heterocycles. The number of rotatable bonds is 13. The lowest BCUT2D eigenvalue weighted by Gasteiger charge is -2.54. The number of unbranched alkanes of at least 4 members (excludes halogenated alkanes) is 5. The van der Waals surface area contributed by atoms with E-state index >= 15 is 0 Å². The molecule has 0 radical (unpaired) electrons. The van der Waals surface area contributed by atoms with Crippen molar-refractivity contribution in [2.75, 3.05) is 0 Å². The highest BCUT2D eigenvalue weighted by Gasteiger charge is 2.48. The smallest absolute Gasteiger partial charge is 0.186 e. The molecule has 0 N–H and O–H groups in total. The first kappa shape index (κ1) is 27.4. The van der Waals surface area contributed by atoms with Crippen molar-refractivity contribution >= 4 is 0 Å². The van der Waals surface area contributed by atoms with Crippen LogP contribution in [-0.2, 0) is 10.2 Å². The van der Waals surface area contributed by atoms with Gasteiger partial charge in [-0.1, -0.05) is 76.6 Å². The van der Waals surface area contributed by atoms with Crippen molar-refractivity contribution < 1.29 is 13.5 Å². The highest BCUT2D eigenvalue weighted by molar-refractivity contribution is 5.39. The van der Waals surface area contributed by atoms with Gasteiger partial charge in [-0.3, -0.25) is 0 Å². The van der Waals surface area contributed by atoms with Gasteiger partial charge >= 0.3 is 0 Å². The zero-order valence-corrected chi connectivity index (χ0v) is 23.0. The Morgan fingerprint density at radius 3 is 2.11 bits per heavy atom. The van der Waals surface area contributed by atoms with Crippen LogP contribution in [0.3, 0.4) is 0 Å². The van der Waals surface area contributed by atoms with Gasteiger partial charge in [-0.25, -0.2) is 8.78 Å². The first-order chi connectivity index (χ1) is 17.4. The van der Waals surface area contributed by atoms with Crippen LogP contribution in [0, 0.1) is 5.41 Å². The molecule has 0 spiro atoms. The van der Waals surface area contributed by atoms with Crippen molar-refractivity contribution in [1.29, 1.82) is 0 Å². The standard InChI is InChI=1S/C33H48F2O/c1-4-6-8-9-11-25(3)36-31-29(34)23-27(24-30(31)35)26-12-14-28(15-13-26)33-20-17-32(18-21-33,19-22-33)16-10-7-5-2/h12-15,23,25,27H,4-11,16-22,24H2,1-3H3. The second-order valence-electron chi connectivity index (χ2n) is 12.2. The maximum atomic E-state index is 14.9. The summed E-state index contributed by atoms with van der Waals surface area (Å²) in [5.41, 5.74) is 3.36.